The molecule has 1 rings (SSSR count). The molecule has 0 radical (unpaired) electrons. The van der Waals surface area contributed by atoms with E-state index in [9.17, 15) is 9.36 Å². The molecule has 1 aliphatic rings. The largest absolute Gasteiger partial charge is 0.380 e. The molecule has 1 aliphatic heterocycles. The van der Waals surface area contributed by atoms with Crippen molar-refractivity contribution in [3.8, 4) is 0 Å². The van der Waals surface area contributed by atoms with Gasteiger partial charge in [0.2, 0.25) is 5.91 Å². The Kier molecular flexibility index (Phi) is 15.0. The van der Waals surface area contributed by atoms with Gasteiger partial charge in [0.05, 0.1) is 12.6 Å². The first-order valence-corrected chi connectivity index (χ1v) is 14.8. The second-order valence-corrected chi connectivity index (χ2v) is 12.4. The van der Waals surface area contributed by atoms with Crippen LogP contribution in [0.25, 0.3) is 0 Å². The summed E-state index contributed by atoms with van der Waals surface area (Å²) in [5, 5.41) is 0. The molecule has 1 fully saturated rings. The fraction of sp³-hybridized carbons (Fsp3) is 0.952. The minimum absolute atomic E-state index is 0.0414. The summed E-state index contributed by atoms with van der Waals surface area (Å²) in [6, 6.07) is -0.0414. The third-order valence-corrected chi connectivity index (χ3v) is 6.64. The van der Waals surface area contributed by atoms with Gasteiger partial charge in [-0.15, -0.1) is 0 Å². The van der Waals surface area contributed by atoms with Crippen LogP contribution in [0.4, 0.5) is 0 Å². The zero-order valence-corrected chi connectivity index (χ0v) is 20.1. The van der Waals surface area contributed by atoms with Gasteiger partial charge in [-0.05, 0) is 41.7 Å². The van der Waals surface area contributed by atoms with E-state index in [-0.39, 0.29) is 18.6 Å². The molecule has 0 aromatic rings. The van der Waals surface area contributed by atoms with Gasteiger partial charge in [-0.2, -0.15) is 0 Å². The van der Waals surface area contributed by atoms with Gasteiger partial charge >= 0.3 is 6.07 Å². The van der Waals surface area contributed by atoms with Gasteiger partial charge in [0, 0.05) is 13.0 Å². The normalized spacial score (nSPS) is 17.4. The molecule has 0 bridgehead atoms. The van der Waals surface area contributed by atoms with Crippen molar-refractivity contribution in [2.24, 2.45) is 0 Å². The fourth-order valence-corrected chi connectivity index (χ4v) is 4.63. The first-order chi connectivity index (χ1) is 13.4. The topological polar surface area (TPSA) is 46.6 Å². The molecule has 0 N–H and O–H groups in total. The predicted octanol–water partition coefficient (Wildman–Crippen LogP) is 8.06. The van der Waals surface area contributed by atoms with E-state index in [0.717, 1.165) is 32.2 Å². The summed E-state index contributed by atoms with van der Waals surface area (Å²) in [5.41, 5.74) is 0. The average Bonchev–Trinajstić information content (AvgIpc) is 3.12. The van der Waals surface area contributed by atoms with Crippen LogP contribution < -0.4 is 0 Å². The van der Waals surface area contributed by atoms with Crippen LogP contribution in [-0.2, 0) is 13.9 Å². The Bertz CT molecular complexity index is 459. The lowest BCUT2D eigenvalue weighted by Crippen LogP contribution is -2.37. The molecule has 0 unspecified atom stereocenters. The van der Waals surface area contributed by atoms with Crippen molar-refractivity contribution in [3.63, 3.8) is 0 Å². The molecule has 7 heteroatoms. The molecule has 0 saturated carbocycles. The van der Waals surface area contributed by atoms with Crippen molar-refractivity contribution >= 4 is 34.5 Å². The maximum atomic E-state index is 12.4. The molecule has 0 aliphatic carbocycles. The molecular formula is C21H40Cl2NO3P. The molecule has 0 aromatic carbocycles. The molecule has 166 valence electrons. The quantitative estimate of drug-likeness (QED) is 0.164. The van der Waals surface area contributed by atoms with Crippen molar-refractivity contribution in [1.29, 1.82) is 0 Å². The minimum atomic E-state index is -3.52. The third kappa shape index (κ3) is 13.5. The van der Waals surface area contributed by atoms with Crippen molar-refractivity contribution in [2.45, 2.75) is 116 Å². The Morgan fingerprint density at radius 3 is 1.93 bits per heavy atom. The molecule has 28 heavy (non-hydrogen) atoms. The van der Waals surface area contributed by atoms with Gasteiger partial charge in [-0.1, -0.05) is 84.0 Å². The first kappa shape index (κ1) is 26.3. The zero-order chi connectivity index (χ0) is 20.7. The molecule has 0 spiro atoms. The van der Waals surface area contributed by atoms with Crippen LogP contribution in [0.15, 0.2) is 0 Å². The Morgan fingerprint density at radius 2 is 1.43 bits per heavy atom. The number of halogens is 2. The number of carbonyl (C=O) groups is 1. The van der Waals surface area contributed by atoms with Crippen molar-refractivity contribution < 1.29 is 13.9 Å². The van der Waals surface area contributed by atoms with Crippen LogP contribution >= 0.6 is 28.6 Å². The van der Waals surface area contributed by atoms with E-state index in [1.165, 1.54) is 70.6 Å². The number of nitrogens with zero attached hydrogens (tertiary/aromatic N) is 1. The van der Waals surface area contributed by atoms with Gasteiger partial charge in [0.25, 0.3) is 0 Å². The van der Waals surface area contributed by atoms with Crippen LogP contribution in [0.1, 0.15) is 110 Å². The van der Waals surface area contributed by atoms with E-state index < -0.39 is 6.07 Å². The van der Waals surface area contributed by atoms with E-state index in [0.29, 0.717) is 6.42 Å². The minimum Gasteiger partial charge on any atom is -0.337 e. The van der Waals surface area contributed by atoms with Crippen LogP contribution in [-0.4, -0.2) is 30.0 Å². The van der Waals surface area contributed by atoms with Gasteiger partial charge in [-0.25, -0.2) is 0 Å². The SMILES string of the molecule is CCCCCCCCCCCCCCCC(=O)N1CCC[C@H]1COP(=O)(Cl)Cl. The lowest BCUT2D eigenvalue weighted by atomic mass is 10.0. The lowest BCUT2D eigenvalue weighted by molar-refractivity contribution is -0.132. The van der Waals surface area contributed by atoms with Crippen molar-refractivity contribution in [2.75, 3.05) is 13.2 Å². The van der Waals surface area contributed by atoms with Gasteiger partial charge < -0.3 is 9.42 Å². The monoisotopic (exact) mass is 455 g/mol. The fourth-order valence-electron chi connectivity index (χ4n) is 3.95. The average molecular weight is 456 g/mol. The summed E-state index contributed by atoms with van der Waals surface area (Å²) in [6.07, 6.45) is 15.8. The Balaban J connectivity index is 1.96. The summed E-state index contributed by atoms with van der Waals surface area (Å²) in [4.78, 5) is 14.3. The van der Waals surface area contributed by atoms with E-state index in [1.54, 1.807) is 0 Å². The summed E-state index contributed by atoms with van der Waals surface area (Å²) < 4.78 is 16.3. The van der Waals surface area contributed by atoms with Crippen molar-refractivity contribution in [3.05, 3.63) is 0 Å². The maximum Gasteiger partial charge on any atom is 0.380 e. The molecule has 1 amide bonds. The molecule has 1 heterocycles. The van der Waals surface area contributed by atoms with Crippen LogP contribution in [0, 0.1) is 0 Å². The van der Waals surface area contributed by atoms with Crippen molar-refractivity contribution in [1.82, 2.24) is 4.90 Å². The summed E-state index contributed by atoms with van der Waals surface area (Å²) in [5.74, 6) is 0.174. The van der Waals surface area contributed by atoms with Gasteiger partial charge in [-0.3, -0.25) is 9.36 Å². The Labute approximate surface area is 182 Å². The Morgan fingerprint density at radius 1 is 0.929 bits per heavy atom. The summed E-state index contributed by atoms with van der Waals surface area (Å²) in [7, 11) is 0. The second-order valence-electron chi connectivity index (χ2n) is 8.09. The third-order valence-electron chi connectivity index (χ3n) is 5.61. The highest BCUT2D eigenvalue weighted by atomic mass is 35.9. The highest BCUT2D eigenvalue weighted by Gasteiger charge is 2.30. The number of unbranched alkanes of at least 4 members (excludes halogenated alkanes) is 12. The standard InChI is InChI=1S/C21H40Cl2NO3P/c1-2-3-4-5-6-7-8-9-10-11-12-13-14-17-21(25)24-18-15-16-20(24)19-27-28(22,23)26/h20H,2-19H2,1H3/t20-/m0/s1. The van der Waals surface area contributed by atoms with Gasteiger partial charge in [0.1, 0.15) is 0 Å². The van der Waals surface area contributed by atoms with Crippen LogP contribution in [0.5, 0.6) is 0 Å². The highest BCUT2D eigenvalue weighted by molar-refractivity contribution is 8.05. The molecule has 1 atom stereocenters. The predicted molar refractivity (Wildman–Crippen MR) is 120 cm³/mol. The number of carbonyl (C=O) groups excluding carboxylic acids is 1. The number of hydrogen-bond acceptors (Lipinski definition) is 3. The smallest absolute Gasteiger partial charge is 0.337 e. The summed E-state index contributed by atoms with van der Waals surface area (Å²) >= 11 is 10.9. The maximum absolute atomic E-state index is 12.4. The number of rotatable bonds is 17. The van der Waals surface area contributed by atoms with E-state index in [1.807, 2.05) is 4.90 Å². The Hall–Kier alpha value is 0.240. The molecule has 0 aromatic heterocycles. The molecule has 4 nitrogen and oxygen atoms in total. The number of likely N-dealkylation sites (tertiary alicyclic amines) is 1. The second kappa shape index (κ2) is 16.0. The lowest BCUT2D eigenvalue weighted by Gasteiger charge is -2.24. The van der Waals surface area contributed by atoms with E-state index in [2.05, 4.69) is 6.92 Å². The summed E-state index contributed by atoms with van der Waals surface area (Å²) in [6.45, 7) is 3.17. The molecule has 1 saturated heterocycles. The first-order valence-electron chi connectivity index (χ1n) is 11.4. The van der Waals surface area contributed by atoms with Crippen LogP contribution in [0.2, 0.25) is 0 Å². The zero-order valence-electron chi connectivity index (χ0n) is 17.7. The van der Waals surface area contributed by atoms with Gasteiger partial charge in [0.15, 0.2) is 0 Å². The van der Waals surface area contributed by atoms with E-state index >= 15 is 0 Å². The number of hydrogen-bond donors (Lipinski definition) is 0. The number of amides is 1. The molecular weight excluding hydrogens is 416 g/mol. The van der Waals surface area contributed by atoms with Crippen LogP contribution in [0.3, 0.4) is 0 Å². The van der Waals surface area contributed by atoms with E-state index in [4.69, 9.17) is 27.0 Å². The highest BCUT2D eigenvalue weighted by Crippen LogP contribution is 2.57.